The number of nitrogens with zero attached hydrogens (tertiary/aromatic N) is 4. The molecular formula is C16H16ClFN6O4. The highest BCUT2D eigenvalue weighted by Gasteiger charge is 2.48. The fourth-order valence-electron chi connectivity index (χ4n) is 3.22. The number of H-pyrrole nitrogens is 1. The third-order valence-corrected chi connectivity index (χ3v) is 4.97. The maximum atomic E-state index is 13.7. The van der Waals surface area contributed by atoms with E-state index in [1.807, 2.05) is 0 Å². The van der Waals surface area contributed by atoms with Gasteiger partial charge < -0.3 is 30.9 Å². The highest BCUT2D eigenvalue weighted by atomic mass is 35.5. The van der Waals surface area contributed by atoms with Crippen LogP contribution < -0.4 is 11.3 Å². The molecule has 12 heteroatoms. The molecule has 1 unspecified atom stereocenters. The fraction of sp³-hybridized carbons (Fsp3) is 0.312. The van der Waals surface area contributed by atoms with Crippen LogP contribution in [0.3, 0.4) is 0 Å². The smallest absolute Gasteiger partial charge is 0.185 e. The van der Waals surface area contributed by atoms with Gasteiger partial charge in [0.05, 0.1) is 22.9 Å². The predicted octanol–water partition coefficient (Wildman–Crippen LogP) is -0.321. The number of halogens is 2. The minimum atomic E-state index is -1.46. The van der Waals surface area contributed by atoms with E-state index >= 15 is 0 Å². The van der Waals surface area contributed by atoms with Crippen LogP contribution in [0.1, 0.15) is 17.9 Å². The maximum Gasteiger partial charge on any atom is 0.185 e. The van der Waals surface area contributed by atoms with E-state index in [9.17, 15) is 19.7 Å². The number of aliphatic hydroxyl groups excluding tert-OH is 3. The second-order valence-electron chi connectivity index (χ2n) is 6.30. The number of ether oxygens (including phenoxy) is 1. The Labute approximate surface area is 161 Å². The van der Waals surface area contributed by atoms with Crippen LogP contribution in [-0.4, -0.2) is 53.4 Å². The molecule has 0 spiro atoms. The van der Waals surface area contributed by atoms with Gasteiger partial charge in [-0.3, -0.25) is 0 Å². The molecule has 3 aromatic rings. The van der Waals surface area contributed by atoms with Gasteiger partial charge in [0.2, 0.25) is 0 Å². The lowest BCUT2D eigenvalue weighted by Crippen LogP contribution is -2.35. The van der Waals surface area contributed by atoms with Crippen LogP contribution in [0.5, 0.6) is 0 Å². The summed E-state index contributed by atoms with van der Waals surface area (Å²) in [4.78, 5) is 6.81. The van der Waals surface area contributed by atoms with Gasteiger partial charge in [0, 0.05) is 0 Å². The number of aromatic amines is 1. The van der Waals surface area contributed by atoms with E-state index in [0.717, 1.165) is 6.07 Å². The Balaban J connectivity index is 1.67. The van der Waals surface area contributed by atoms with E-state index in [1.165, 1.54) is 29.3 Å². The molecule has 1 aliphatic rings. The minimum absolute atomic E-state index is 0.102. The van der Waals surface area contributed by atoms with Crippen molar-refractivity contribution in [3.05, 3.63) is 52.6 Å². The minimum Gasteiger partial charge on any atom is -0.387 e. The van der Waals surface area contributed by atoms with E-state index in [2.05, 4.69) is 20.2 Å². The first-order chi connectivity index (χ1) is 13.4. The van der Waals surface area contributed by atoms with E-state index < -0.39 is 36.5 Å². The largest absolute Gasteiger partial charge is 0.387 e. The van der Waals surface area contributed by atoms with E-state index in [4.69, 9.17) is 22.2 Å². The van der Waals surface area contributed by atoms with Crippen LogP contribution in [0.4, 0.5) is 4.39 Å². The molecule has 0 radical (unpaired) electrons. The van der Waals surface area contributed by atoms with Crippen LogP contribution in [0, 0.1) is 5.82 Å². The first-order valence-corrected chi connectivity index (χ1v) is 8.59. The zero-order valence-corrected chi connectivity index (χ0v) is 14.9. The lowest BCUT2D eigenvalue weighted by atomic mass is 9.99. The van der Waals surface area contributed by atoms with Crippen molar-refractivity contribution >= 4 is 22.6 Å². The molecule has 1 saturated heterocycles. The number of hydrogen-bond acceptors (Lipinski definition) is 8. The van der Waals surface area contributed by atoms with Crippen LogP contribution in [0.2, 0.25) is 5.02 Å². The number of fused-ring (bicyclic) bond motifs is 1. The van der Waals surface area contributed by atoms with Crippen molar-refractivity contribution < 1.29 is 24.4 Å². The molecule has 0 amide bonds. The topological polar surface area (TPSA) is 155 Å². The van der Waals surface area contributed by atoms with Gasteiger partial charge >= 0.3 is 0 Å². The Kier molecular flexibility index (Phi) is 4.77. The lowest BCUT2D eigenvalue weighted by Gasteiger charge is -2.21. The van der Waals surface area contributed by atoms with Gasteiger partial charge in [0.15, 0.2) is 11.7 Å². The normalized spacial score (nSPS) is 26.8. The van der Waals surface area contributed by atoms with Crippen LogP contribution in [0.15, 0.2) is 35.8 Å². The van der Waals surface area contributed by atoms with E-state index in [1.54, 1.807) is 0 Å². The maximum absolute atomic E-state index is 13.7. The number of nitrogens with two attached hydrogens (primary N) is 1. The molecule has 148 valence electrons. The van der Waals surface area contributed by atoms with Crippen LogP contribution in [-0.2, 0) is 4.74 Å². The summed E-state index contributed by atoms with van der Waals surface area (Å²) in [5.41, 5.74) is 0.758. The molecule has 4 rings (SSSR count). The Hall–Kier alpha value is -2.57. The molecular weight excluding hydrogens is 395 g/mol. The predicted molar refractivity (Wildman–Crippen MR) is 93.9 cm³/mol. The van der Waals surface area contributed by atoms with Crippen molar-refractivity contribution in [2.45, 2.75) is 30.6 Å². The number of hydrogen-bond donors (Lipinski definition) is 5. The van der Waals surface area contributed by atoms with Crippen molar-refractivity contribution in [2.75, 3.05) is 0 Å². The highest BCUT2D eigenvalue weighted by molar-refractivity contribution is 6.30. The summed E-state index contributed by atoms with van der Waals surface area (Å²) in [5.74, 6) is 4.57. The average molecular weight is 411 g/mol. The van der Waals surface area contributed by atoms with Crippen LogP contribution >= 0.6 is 11.6 Å². The van der Waals surface area contributed by atoms with Gasteiger partial charge in [-0.2, -0.15) is 10.2 Å². The summed E-state index contributed by atoms with van der Waals surface area (Å²) < 4.78 is 20.7. The Bertz CT molecular complexity index is 1090. The average Bonchev–Trinajstić information content (AvgIpc) is 3.25. The monoisotopic (exact) mass is 410 g/mol. The molecule has 0 aliphatic carbocycles. The first-order valence-electron chi connectivity index (χ1n) is 8.21. The van der Waals surface area contributed by atoms with Crippen molar-refractivity contribution in [2.24, 2.45) is 10.9 Å². The lowest BCUT2D eigenvalue weighted by molar-refractivity contribution is -0.0884. The number of aliphatic hydroxyl groups is 3. The molecule has 2 aromatic heterocycles. The Morgan fingerprint density at radius 1 is 1.36 bits per heavy atom. The standard InChI is InChI=1S/C16H16ClFN6O4/c17-8-2-1-6(3-9(8)18)10(25)13-11(26)12(27)16(28-13)24-15-7(4-22-24)14(23-19)20-5-21-15/h1-5,10-13,16,25-27H,19H2,(H,20,21,23)/t10?,11-,12+,13+,16+/m0/s1. The SMILES string of the molecule is NN=c1nc[nH]c2c1cnn2[C@@H]1O[C@H](C(O)c2ccc(Cl)c(F)c2)[C@@H](O)[C@H]1O. The summed E-state index contributed by atoms with van der Waals surface area (Å²) in [6.07, 6.45) is -3.89. The van der Waals surface area contributed by atoms with Crippen LogP contribution in [0.25, 0.3) is 11.0 Å². The third-order valence-electron chi connectivity index (χ3n) is 4.66. The summed E-state index contributed by atoms with van der Waals surface area (Å²) in [7, 11) is 0. The van der Waals surface area contributed by atoms with Gasteiger partial charge in [-0.25, -0.2) is 14.1 Å². The first kappa shape index (κ1) is 18.8. The number of benzene rings is 1. The summed E-state index contributed by atoms with van der Waals surface area (Å²) in [5, 5.41) is 39.5. The van der Waals surface area contributed by atoms with Gasteiger partial charge in [-0.1, -0.05) is 17.7 Å². The highest BCUT2D eigenvalue weighted by Crippen LogP contribution is 2.37. The Morgan fingerprint density at radius 2 is 2.14 bits per heavy atom. The molecule has 28 heavy (non-hydrogen) atoms. The third kappa shape index (κ3) is 2.93. The summed E-state index contributed by atoms with van der Waals surface area (Å²) >= 11 is 5.65. The quantitative estimate of drug-likeness (QED) is 0.292. The van der Waals surface area contributed by atoms with Crippen molar-refractivity contribution in [1.29, 1.82) is 0 Å². The Morgan fingerprint density at radius 3 is 2.86 bits per heavy atom. The number of aromatic nitrogens is 4. The van der Waals surface area contributed by atoms with Gasteiger partial charge in [-0.15, -0.1) is 0 Å². The molecule has 3 heterocycles. The molecule has 1 aromatic carbocycles. The van der Waals surface area contributed by atoms with Crippen molar-refractivity contribution in [3.8, 4) is 0 Å². The number of nitrogens with one attached hydrogen (secondary N) is 1. The van der Waals surface area contributed by atoms with Gasteiger partial charge in [0.1, 0.15) is 35.9 Å². The fourth-order valence-corrected chi connectivity index (χ4v) is 3.34. The number of rotatable bonds is 3. The zero-order chi connectivity index (χ0) is 20.0. The summed E-state index contributed by atoms with van der Waals surface area (Å²) in [6, 6.07) is 3.73. The molecule has 5 atom stereocenters. The van der Waals surface area contributed by atoms with Crippen molar-refractivity contribution in [3.63, 3.8) is 0 Å². The molecule has 6 N–H and O–H groups in total. The molecule has 0 bridgehead atoms. The summed E-state index contributed by atoms with van der Waals surface area (Å²) in [6.45, 7) is 0. The second-order valence-corrected chi connectivity index (χ2v) is 6.70. The molecule has 1 fully saturated rings. The van der Waals surface area contributed by atoms with E-state index in [0.29, 0.717) is 11.0 Å². The van der Waals surface area contributed by atoms with E-state index in [-0.39, 0.29) is 16.1 Å². The van der Waals surface area contributed by atoms with Crippen molar-refractivity contribution in [1.82, 2.24) is 19.7 Å². The molecule has 1 aliphatic heterocycles. The zero-order valence-electron chi connectivity index (χ0n) is 14.1. The molecule has 10 nitrogen and oxygen atoms in total. The second kappa shape index (κ2) is 7.11. The van der Waals surface area contributed by atoms with Gasteiger partial charge in [-0.05, 0) is 17.7 Å². The van der Waals surface area contributed by atoms with Gasteiger partial charge in [0.25, 0.3) is 0 Å². The molecule has 0 saturated carbocycles.